The summed E-state index contributed by atoms with van der Waals surface area (Å²) in [5.41, 5.74) is 7.27. The molecule has 1 aromatic rings. The molecule has 0 spiro atoms. The van der Waals surface area contributed by atoms with E-state index in [4.69, 9.17) is 5.73 Å². The van der Waals surface area contributed by atoms with Crippen LogP contribution in [0.1, 0.15) is 50.4 Å². The Bertz CT molecular complexity index is 588. The SMILES string of the molecule is Cc1cccnc1[C@@H](NC(=O)N1CCC[C@@H](CC(N)=O)C1)C(C)C. The maximum atomic E-state index is 12.7. The molecule has 0 radical (unpaired) electrons. The summed E-state index contributed by atoms with van der Waals surface area (Å²) in [6.07, 6.45) is 3.95. The molecular formula is C18H28N4O2. The number of nitrogens with zero attached hydrogens (tertiary/aromatic N) is 2. The lowest BCUT2D eigenvalue weighted by Gasteiger charge is -2.34. The van der Waals surface area contributed by atoms with E-state index in [1.165, 1.54) is 0 Å². The first kappa shape index (κ1) is 18.2. The molecule has 0 aromatic carbocycles. The van der Waals surface area contributed by atoms with Gasteiger partial charge in [0.05, 0.1) is 11.7 Å². The zero-order valence-electron chi connectivity index (χ0n) is 14.8. The quantitative estimate of drug-likeness (QED) is 0.867. The molecule has 1 aliphatic heterocycles. The van der Waals surface area contributed by atoms with Crippen LogP contribution in [0.25, 0.3) is 0 Å². The third-order valence-corrected chi connectivity index (χ3v) is 4.59. The monoisotopic (exact) mass is 332 g/mol. The Hall–Kier alpha value is -2.11. The summed E-state index contributed by atoms with van der Waals surface area (Å²) in [7, 11) is 0. The van der Waals surface area contributed by atoms with Gasteiger partial charge in [0.15, 0.2) is 0 Å². The van der Waals surface area contributed by atoms with Crippen molar-refractivity contribution in [2.24, 2.45) is 17.6 Å². The Morgan fingerprint density at radius 2 is 2.21 bits per heavy atom. The lowest BCUT2D eigenvalue weighted by Crippen LogP contribution is -2.48. The molecule has 2 atom stereocenters. The van der Waals surface area contributed by atoms with Crippen molar-refractivity contribution in [1.29, 1.82) is 0 Å². The highest BCUT2D eigenvalue weighted by Gasteiger charge is 2.28. The van der Waals surface area contributed by atoms with E-state index in [1.54, 1.807) is 11.1 Å². The van der Waals surface area contributed by atoms with Crippen molar-refractivity contribution in [3.8, 4) is 0 Å². The van der Waals surface area contributed by atoms with Gasteiger partial charge in [0.1, 0.15) is 0 Å². The number of carbonyl (C=O) groups is 2. The topological polar surface area (TPSA) is 88.3 Å². The number of likely N-dealkylation sites (tertiary alicyclic amines) is 1. The highest BCUT2D eigenvalue weighted by Crippen LogP contribution is 2.24. The molecule has 2 heterocycles. The van der Waals surface area contributed by atoms with E-state index in [0.29, 0.717) is 19.5 Å². The summed E-state index contributed by atoms with van der Waals surface area (Å²) in [5.74, 6) is 0.0938. The molecule has 0 saturated carbocycles. The highest BCUT2D eigenvalue weighted by molar-refractivity contribution is 5.76. The maximum Gasteiger partial charge on any atom is 0.317 e. The number of nitrogens with two attached hydrogens (primary N) is 1. The summed E-state index contributed by atoms with van der Waals surface area (Å²) in [4.78, 5) is 30.1. The van der Waals surface area contributed by atoms with Crippen LogP contribution >= 0.6 is 0 Å². The van der Waals surface area contributed by atoms with Crippen molar-refractivity contribution in [3.05, 3.63) is 29.6 Å². The van der Waals surface area contributed by atoms with Gasteiger partial charge >= 0.3 is 6.03 Å². The van der Waals surface area contributed by atoms with Crippen molar-refractivity contribution >= 4 is 11.9 Å². The maximum absolute atomic E-state index is 12.7. The lowest BCUT2D eigenvalue weighted by atomic mass is 9.94. The van der Waals surface area contributed by atoms with Gasteiger partial charge in [-0.1, -0.05) is 19.9 Å². The molecule has 1 aromatic heterocycles. The lowest BCUT2D eigenvalue weighted by molar-refractivity contribution is -0.119. The number of aromatic nitrogens is 1. The van der Waals surface area contributed by atoms with Crippen LogP contribution in [0.2, 0.25) is 0 Å². The number of rotatable bonds is 5. The molecule has 6 nitrogen and oxygen atoms in total. The van der Waals surface area contributed by atoms with Crippen LogP contribution < -0.4 is 11.1 Å². The van der Waals surface area contributed by atoms with Crippen LogP contribution in [-0.4, -0.2) is 34.9 Å². The number of nitrogens with one attached hydrogen (secondary N) is 1. The van der Waals surface area contributed by atoms with Gasteiger partial charge in [0.2, 0.25) is 5.91 Å². The molecule has 6 heteroatoms. The minimum Gasteiger partial charge on any atom is -0.370 e. The van der Waals surface area contributed by atoms with E-state index in [-0.39, 0.29) is 29.8 Å². The van der Waals surface area contributed by atoms with Crippen LogP contribution in [0, 0.1) is 18.8 Å². The molecule has 0 unspecified atom stereocenters. The number of aryl methyl sites for hydroxylation is 1. The summed E-state index contributed by atoms with van der Waals surface area (Å²) in [6.45, 7) is 7.46. The van der Waals surface area contributed by atoms with Gasteiger partial charge in [0.25, 0.3) is 0 Å². The van der Waals surface area contributed by atoms with Crippen LogP contribution in [0.4, 0.5) is 4.79 Å². The third kappa shape index (κ3) is 4.69. The smallest absolute Gasteiger partial charge is 0.317 e. The second-order valence-electron chi connectivity index (χ2n) is 7.00. The minimum atomic E-state index is -0.300. The number of piperidine rings is 1. The molecular weight excluding hydrogens is 304 g/mol. The molecule has 24 heavy (non-hydrogen) atoms. The Kier molecular flexibility index (Phi) is 6.17. The number of pyridine rings is 1. The van der Waals surface area contributed by atoms with E-state index in [9.17, 15) is 9.59 Å². The van der Waals surface area contributed by atoms with Gasteiger partial charge in [-0.25, -0.2) is 4.79 Å². The second kappa shape index (κ2) is 8.13. The van der Waals surface area contributed by atoms with Gasteiger partial charge in [-0.2, -0.15) is 0 Å². The molecule has 2 rings (SSSR count). The predicted octanol–water partition coefficient (Wildman–Crippen LogP) is 2.38. The fourth-order valence-corrected chi connectivity index (χ4v) is 3.30. The predicted molar refractivity (Wildman–Crippen MR) is 93.2 cm³/mol. The molecule has 1 aliphatic rings. The van der Waals surface area contributed by atoms with Crippen LogP contribution in [0.3, 0.4) is 0 Å². The summed E-state index contributed by atoms with van der Waals surface area (Å²) in [5, 5.41) is 3.13. The fourth-order valence-electron chi connectivity index (χ4n) is 3.30. The number of carbonyl (C=O) groups excluding carboxylic acids is 2. The molecule has 132 valence electrons. The van der Waals surface area contributed by atoms with E-state index >= 15 is 0 Å². The first-order valence-corrected chi connectivity index (χ1v) is 8.63. The molecule has 0 aliphatic carbocycles. The molecule has 0 bridgehead atoms. The zero-order valence-corrected chi connectivity index (χ0v) is 14.8. The number of hydrogen-bond donors (Lipinski definition) is 2. The summed E-state index contributed by atoms with van der Waals surface area (Å²) in [6, 6.07) is 3.69. The number of primary amides is 1. The molecule has 1 fully saturated rings. The van der Waals surface area contributed by atoms with E-state index in [2.05, 4.69) is 24.1 Å². The number of hydrogen-bond acceptors (Lipinski definition) is 3. The average Bonchev–Trinajstić information content (AvgIpc) is 2.52. The Morgan fingerprint density at radius 1 is 1.46 bits per heavy atom. The van der Waals surface area contributed by atoms with Crippen LogP contribution in [0.5, 0.6) is 0 Å². The van der Waals surface area contributed by atoms with Crippen molar-refractivity contribution in [3.63, 3.8) is 0 Å². The van der Waals surface area contributed by atoms with Crippen molar-refractivity contribution in [2.45, 2.75) is 46.1 Å². The Labute approximate surface area is 143 Å². The first-order chi connectivity index (χ1) is 11.4. The number of urea groups is 1. The van der Waals surface area contributed by atoms with Gasteiger partial charge in [-0.15, -0.1) is 0 Å². The van der Waals surface area contributed by atoms with Crippen molar-refractivity contribution < 1.29 is 9.59 Å². The third-order valence-electron chi connectivity index (χ3n) is 4.59. The summed E-state index contributed by atoms with van der Waals surface area (Å²) >= 11 is 0. The van der Waals surface area contributed by atoms with Crippen molar-refractivity contribution in [1.82, 2.24) is 15.2 Å². The van der Waals surface area contributed by atoms with E-state index in [0.717, 1.165) is 24.1 Å². The second-order valence-corrected chi connectivity index (χ2v) is 7.00. The van der Waals surface area contributed by atoms with Crippen LogP contribution in [-0.2, 0) is 4.79 Å². The molecule has 1 saturated heterocycles. The van der Waals surface area contributed by atoms with Crippen LogP contribution in [0.15, 0.2) is 18.3 Å². The zero-order chi connectivity index (χ0) is 17.7. The largest absolute Gasteiger partial charge is 0.370 e. The average molecular weight is 332 g/mol. The minimum absolute atomic E-state index is 0.0899. The van der Waals surface area contributed by atoms with Crippen molar-refractivity contribution in [2.75, 3.05) is 13.1 Å². The van der Waals surface area contributed by atoms with Gasteiger partial charge in [-0.05, 0) is 43.2 Å². The van der Waals surface area contributed by atoms with Gasteiger partial charge in [0, 0.05) is 25.7 Å². The normalized spacial score (nSPS) is 19.2. The highest BCUT2D eigenvalue weighted by atomic mass is 16.2. The van der Waals surface area contributed by atoms with Gasteiger partial charge < -0.3 is 16.0 Å². The van der Waals surface area contributed by atoms with E-state index in [1.807, 2.05) is 19.1 Å². The molecule has 3 amide bonds. The van der Waals surface area contributed by atoms with E-state index < -0.39 is 0 Å². The first-order valence-electron chi connectivity index (χ1n) is 8.63. The Balaban J connectivity index is 2.05. The number of amides is 3. The fraction of sp³-hybridized carbons (Fsp3) is 0.611. The molecule has 3 N–H and O–H groups in total. The standard InChI is InChI=1S/C18H28N4O2/c1-12(2)16(17-13(3)6-4-8-20-17)21-18(24)22-9-5-7-14(11-22)10-15(19)23/h4,6,8,12,14,16H,5,7,9-11H2,1-3H3,(H2,19,23)(H,21,24)/t14-,16-/m0/s1. The summed E-state index contributed by atoms with van der Waals surface area (Å²) < 4.78 is 0. The van der Waals surface area contributed by atoms with Gasteiger partial charge in [-0.3, -0.25) is 9.78 Å². The Morgan fingerprint density at radius 3 is 2.83 bits per heavy atom.